The highest BCUT2D eigenvalue weighted by Gasteiger charge is 2.52. The minimum absolute atomic E-state index is 0.148. The summed E-state index contributed by atoms with van der Waals surface area (Å²) in [6.45, 7) is 7.26. The lowest BCUT2D eigenvalue weighted by Crippen LogP contribution is -2.41. The first kappa shape index (κ1) is 17.4. The second-order valence-electron chi connectivity index (χ2n) is 6.12. The molecular weight excluding hydrogens is 321 g/mol. The third-order valence-electron chi connectivity index (χ3n) is 4.07. The smallest absolute Gasteiger partial charge is 0.399 e. The molecule has 1 heterocycles. The normalized spacial score (nSPS) is 20.3. The van der Waals surface area contributed by atoms with E-state index in [1.54, 1.807) is 5.48 Å². The summed E-state index contributed by atoms with van der Waals surface area (Å²) < 4.78 is 50.2. The van der Waals surface area contributed by atoms with Crippen molar-refractivity contribution < 1.29 is 27.7 Å². The lowest BCUT2D eigenvalue weighted by molar-refractivity contribution is -0.137. The molecule has 0 spiro atoms. The van der Waals surface area contributed by atoms with Gasteiger partial charge in [-0.3, -0.25) is 10.7 Å². The average molecular weight is 338 g/mol. The van der Waals surface area contributed by atoms with E-state index in [-0.39, 0.29) is 10.5 Å². The van der Waals surface area contributed by atoms with E-state index >= 15 is 0 Å². The van der Waals surface area contributed by atoms with Gasteiger partial charge in [0, 0.05) is 10.5 Å². The molecule has 0 aromatic heterocycles. The van der Waals surface area contributed by atoms with Gasteiger partial charge in [-0.05, 0) is 39.8 Å². The van der Waals surface area contributed by atoms with Crippen molar-refractivity contribution in [3.8, 4) is 0 Å². The first-order chi connectivity index (χ1) is 9.89. The van der Waals surface area contributed by atoms with Crippen LogP contribution in [0.1, 0.15) is 33.3 Å². The van der Waals surface area contributed by atoms with Crippen LogP contribution in [0.3, 0.4) is 0 Å². The van der Waals surface area contributed by atoms with E-state index in [2.05, 4.69) is 0 Å². The molecule has 22 heavy (non-hydrogen) atoms. The molecule has 2 rings (SSSR count). The summed E-state index contributed by atoms with van der Waals surface area (Å²) in [5.74, 6) is 0. The van der Waals surface area contributed by atoms with E-state index in [4.69, 9.17) is 26.1 Å². The molecule has 0 bridgehead atoms. The summed E-state index contributed by atoms with van der Waals surface area (Å²) in [4.78, 5) is 0. The van der Waals surface area contributed by atoms with Gasteiger partial charge in [-0.2, -0.15) is 13.2 Å². The maximum absolute atomic E-state index is 12.9. The summed E-state index contributed by atoms with van der Waals surface area (Å²) in [7, 11) is -0.924. The third-order valence-corrected chi connectivity index (χ3v) is 4.40. The number of rotatable bonds is 2. The molecule has 0 unspecified atom stereocenters. The van der Waals surface area contributed by atoms with E-state index in [1.807, 2.05) is 27.7 Å². The van der Waals surface area contributed by atoms with Crippen LogP contribution in [0, 0.1) is 0 Å². The Morgan fingerprint density at radius 2 is 1.64 bits per heavy atom. The van der Waals surface area contributed by atoms with Crippen molar-refractivity contribution in [3.63, 3.8) is 0 Å². The third kappa shape index (κ3) is 2.93. The van der Waals surface area contributed by atoms with Crippen molar-refractivity contribution in [2.45, 2.75) is 45.1 Å². The number of benzene rings is 1. The summed E-state index contributed by atoms with van der Waals surface area (Å²) in [6.07, 6.45) is -4.65. The van der Waals surface area contributed by atoms with E-state index < -0.39 is 35.7 Å². The lowest BCUT2D eigenvalue weighted by Gasteiger charge is -2.32. The minimum atomic E-state index is -4.65. The van der Waals surface area contributed by atoms with Gasteiger partial charge in [0.05, 0.1) is 22.5 Å². The van der Waals surface area contributed by atoms with Gasteiger partial charge in [-0.25, -0.2) is 0 Å². The molecule has 4 nitrogen and oxygen atoms in total. The molecule has 1 aliphatic rings. The Kier molecular flexibility index (Phi) is 4.19. The van der Waals surface area contributed by atoms with E-state index in [9.17, 15) is 13.2 Å². The number of halogens is 4. The van der Waals surface area contributed by atoms with Gasteiger partial charge in [-0.1, -0.05) is 11.6 Å². The molecule has 2 N–H and O–H groups in total. The van der Waals surface area contributed by atoms with Gasteiger partial charge in [0.15, 0.2) is 0 Å². The van der Waals surface area contributed by atoms with Gasteiger partial charge >= 0.3 is 13.3 Å². The molecule has 122 valence electrons. The topological polar surface area (TPSA) is 50.7 Å². The van der Waals surface area contributed by atoms with Crippen LogP contribution < -0.4 is 10.9 Å². The minimum Gasteiger partial charge on any atom is -0.399 e. The van der Waals surface area contributed by atoms with Crippen molar-refractivity contribution in [1.29, 1.82) is 0 Å². The number of alkyl halides is 3. The van der Waals surface area contributed by atoms with Crippen LogP contribution in [-0.4, -0.2) is 23.5 Å². The summed E-state index contributed by atoms with van der Waals surface area (Å²) in [6, 6.07) is 1.81. The SMILES string of the molecule is CC1(C)OB(c2cc(NO)c(C(F)(F)F)cc2Cl)OC1(C)C. The van der Waals surface area contributed by atoms with Crippen molar-refractivity contribution in [1.82, 2.24) is 0 Å². The average Bonchev–Trinajstić information content (AvgIpc) is 2.56. The Hall–Kier alpha value is -0.955. The van der Waals surface area contributed by atoms with Crippen LogP contribution in [0.2, 0.25) is 5.02 Å². The Labute approximate surface area is 131 Å². The molecule has 0 radical (unpaired) electrons. The molecular formula is C13H16BClF3NO3. The van der Waals surface area contributed by atoms with Crippen molar-refractivity contribution >= 4 is 29.9 Å². The van der Waals surface area contributed by atoms with Gasteiger partial charge in [-0.15, -0.1) is 0 Å². The second kappa shape index (κ2) is 5.30. The largest absolute Gasteiger partial charge is 0.496 e. The standard InChI is InChI=1S/C13H16BClF3NO3/c1-11(2)12(3,4)22-14(21-11)8-6-10(19-20)7(5-9(8)15)13(16,17)18/h5-6,19-20H,1-4H3. The Morgan fingerprint density at radius 1 is 1.14 bits per heavy atom. The zero-order valence-corrected chi connectivity index (χ0v) is 13.3. The fourth-order valence-electron chi connectivity index (χ4n) is 2.07. The summed E-state index contributed by atoms with van der Waals surface area (Å²) in [5, 5.41) is 8.82. The van der Waals surface area contributed by atoms with Gasteiger partial charge in [0.2, 0.25) is 0 Å². The summed E-state index contributed by atoms with van der Waals surface area (Å²) in [5.41, 5.74) is -1.14. The quantitative estimate of drug-likeness (QED) is 0.641. The zero-order valence-electron chi connectivity index (χ0n) is 12.5. The molecule has 0 amide bonds. The Morgan fingerprint density at radius 3 is 2.05 bits per heavy atom. The molecule has 1 aromatic carbocycles. The van der Waals surface area contributed by atoms with Crippen molar-refractivity contribution in [2.75, 3.05) is 5.48 Å². The van der Waals surface area contributed by atoms with Gasteiger partial charge in [0.1, 0.15) is 0 Å². The second-order valence-corrected chi connectivity index (χ2v) is 6.52. The number of nitrogens with one attached hydrogen (secondary N) is 1. The monoisotopic (exact) mass is 337 g/mol. The Balaban J connectivity index is 2.47. The van der Waals surface area contributed by atoms with Crippen LogP contribution in [-0.2, 0) is 15.5 Å². The number of hydrogen-bond donors (Lipinski definition) is 2. The van der Waals surface area contributed by atoms with E-state index in [0.717, 1.165) is 12.1 Å². The van der Waals surface area contributed by atoms with Crippen LogP contribution >= 0.6 is 11.6 Å². The molecule has 0 atom stereocenters. The van der Waals surface area contributed by atoms with Crippen LogP contribution in [0.25, 0.3) is 0 Å². The van der Waals surface area contributed by atoms with Gasteiger partial charge < -0.3 is 9.31 Å². The highest BCUT2D eigenvalue weighted by atomic mass is 35.5. The first-order valence-corrected chi connectivity index (χ1v) is 6.93. The van der Waals surface area contributed by atoms with Crippen molar-refractivity contribution in [2.24, 2.45) is 0 Å². The predicted octanol–water partition coefficient (Wildman–Crippen LogP) is 3.46. The van der Waals surface area contributed by atoms with Gasteiger partial charge in [0.25, 0.3) is 0 Å². The fourth-order valence-corrected chi connectivity index (χ4v) is 2.32. The van der Waals surface area contributed by atoms with Crippen LogP contribution in [0.15, 0.2) is 12.1 Å². The van der Waals surface area contributed by atoms with Crippen LogP contribution in [0.4, 0.5) is 18.9 Å². The molecule has 1 aromatic rings. The number of anilines is 1. The highest BCUT2D eigenvalue weighted by molar-refractivity contribution is 6.65. The first-order valence-electron chi connectivity index (χ1n) is 6.55. The molecule has 0 aliphatic carbocycles. The van der Waals surface area contributed by atoms with E-state index in [0.29, 0.717) is 0 Å². The molecule has 9 heteroatoms. The van der Waals surface area contributed by atoms with Crippen LogP contribution in [0.5, 0.6) is 0 Å². The molecule has 1 saturated heterocycles. The van der Waals surface area contributed by atoms with E-state index in [1.165, 1.54) is 0 Å². The zero-order chi connectivity index (χ0) is 16.9. The lowest BCUT2D eigenvalue weighted by atomic mass is 9.78. The Bertz CT molecular complexity index is 577. The molecule has 1 fully saturated rings. The maximum atomic E-state index is 12.9. The summed E-state index contributed by atoms with van der Waals surface area (Å²) >= 11 is 5.96. The fraction of sp³-hybridized carbons (Fsp3) is 0.538. The molecule has 1 aliphatic heterocycles. The van der Waals surface area contributed by atoms with Crippen molar-refractivity contribution in [3.05, 3.63) is 22.7 Å². The maximum Gasteiger partial charge on any atom is 0.496 e. The highest BCUT2D eigenvalue weighted by Crippen LogP contribution is 2.39. The number of hydrogen-bond acceptors (Lipinski definition) is 4. The predicted molar refractivity (Wildman–Crippen MR) is 77.6 cm³/mol. The molecule has 0 saturated carbocycles.